The SMILES string of the molecule is COC(=O)C1CC2C=CC1(N)CC2. The number of allylic oxidation sites excluding steroid dienone is 1. The van der Waals surface area contributed by atoms with Gasteiger partial charge in [0.2, 0.25) is 0 Å². The average molecular weight is 181 g/mol. The molecule has 0 spiro atoms. The van der Waals surface area contributed by atoms with E-state index in [1.165, 1.54) is 7.11 Å². The number of carbonyl (C=O) groups excluding carboxylic acids is 1. The normalized spacial score (nSPS) is 42.0. The first-order valence-corrected chi connectivity index (χ1v) is 4.72. The van der Waals surface area contributed by atoms with Crippen LogP contribution in [-0.4, -0.2) is 18.6 Å². The number of hydrogen-bond donors (Lipinski definition) is 1. The van der Waals surface area contributed by atoms with Crippen LogP contribution in [0.5, 0.6) is 0 Å². The molecule has 3 aliphatic rings. The number of carbonyl (C=O) groups is 1. The minimum absolute atomic E-state index is 0.124. The Morgan fingerprint density at radius 2 is 2.46 bits per heavy atom. The first-order chi connectivity index (χ1) is 6.15. The van der Waals surface area contributed by atoms with Crippen molar-refractivity contribution in [1.29, 1.82) is 0 Å². The average Bonchev–Trinajstić information content (AvgIpc) is 2.17. The van der Waals surface area contributed by atoms with Crippen LogP contribution in [0.1, 0.15) is 19.3 Å². The number of esters is 1. The second kappa shape index (κ2) is 2.84. The third kappa shape index (κ3) is 1.27. The molecule has 3 unspecified atom stereocenters. The van der Waals surface area contributed by atoms with Crippen LogP contribution in [0.25, 0.3) is 0 Å². The maximum absolute atomic E-state index is 11.4. The predicted molar refractivity (Wildman–Crippen MR) is 48.9 cm³/mol. The maximum Gasteiger partial charge on any atom is 0.310 e. The molecular weight excluding hydrogens is 166 g/mol. The van der Waals surface area contributed by atoms with E-state index in [9.17, 15) is 4.79 Å². The highest BCUT2D eigenvalue weighted by Gasteiger charge is 2.45. The summed E-state index contributed by atoms with van der Waals surface area (Å²) < 4.78 is 4.75. The standard InChI is InChI=1S/C10H15NO2/c1-13-9(12)8-6-7-2-4-10(8,11)5-3-7/h2,4,7-8H,3,5-6,11H2,1H3. The van der Waals surface area contributed by atoms with E-state index in [1.54, 1.807) is 0 Å². The lowest BCUT2D eigenvalue weighted by Crippen LogP contribution is -2.54. The minimum atomic E-state index is -0.429. The van der Waals surface area contributed by atoms with E-state index in [1.807, 2.05) is 6.08 Å². The molecule has 2 bridgehead atoms. The van der Waals surface area contributed by atoms with Gasteiger partial charge in [-0.25, -0.2) is 0 Å². The van der Waals surface area contributed by atoms with Crippen molar-refractivity contribution in [2.75, 3.05) is 7.11 Å². The highest BCUT2D eigenvalue weighted by atomic mass is 16.5. The van der Waals surface area contributed by atoms with Crippen molar-refractivity contribution in [1.82, 2.24) is 0 Å². The first kappa shape index (κ1) is 8.75. The molecule has 3 atom stereocenters. The Bertz CT molecular complexity index is 262. The summed E-state index contributed by atoms with van der Waals surface area (Å²) in [5, 5.41) is 0. The summed E-state index contributed by atoms with van der Waals surface area (Å²) in [4.78, 5) is 11.4. The van der Waals surface area contributed by atoms with Gasteiger partial charge in [-0.15, -0.1) is 0 Å². The van der Waals surface area contributed by atoms with Crippen molar-refractivity contribution in [3.63, 3.8) is 0 Å². The third-order valence-corrected chi connectivity index (χ3v) is 3.30. The van der Waals surface area contributed by atoms with Crippen LogP contribution in [-0.2, 0) is 9.53 Å². The largest absolute Gasteiger partial charge is 0.469 e. The van der Waals surface area contributed by atoms with E-state index < -0.39 is 5.54 Å². The number of hydrogen-bond acceptors (Lipinski definition) is 3. The molecule has 3 aliphatic carbocycles. The van der Waals surface area contributed by atoms with Gasteiger partial charge in [-0.05, 0) is 25.2 Å². The molecule has 1 fully saturated rings. The highest BCUT2D eigenvalue weighted by Crippen LogP contribution is 2.42. The van der Waals surface area contributed by atoms with Gasteiger partial charge in [0.25, 0.3) is 0 Å². The summed E-state index contributed by atoms with van der Waals surface area (Å²) in [5.74, 6) is 0.257. The van der Waals surface area contributed by atoms with Crippen molar-refractivity contribution in [2.45, 2.75) is 24.8 Å². The molecule has 3 heteroatoms. The molecule has 72 valence electrons. The van der Waals surface area contributed by atoms with Crippen LogP contribution in [0, 0.1) is 11.8 Å². The molecule has 0 aromatic carbocycles. The molecule has 13 heavy (non-hydrogen) atoms. The molecule has 0 aromatic rings. The van der Waals surface area contributed by atoms with Crippen molar-refractivity contribution in [3.8, 4) is 0 Å². The smallest absolute Gasteiger partial charge is 0.310 e. The Balaban J connectivity index is 2.24. The Hall–Kier alpha value is -0.830. The fourth-order valence-corrected chi connectivity index (χ4v) is 2.40. The Labute approximate surface area is 77.9 Å². The number of fused-ring (bicyclic) bond motifs is 2. The number of ether oxygens (including phenoxy) is 1. The van der Waals surface area contributed by atoms with E-state index in [0.29, 0.717) is 5.92 Å². The van der Waals surface area contributed by atoms with Gasteiger partial charge in [0.1, 0.15) is 0 Å². The summed E-state index contributed by atoms with van der Waals surface area (Å²) in [6, 6.07) is 0. The zero-order valence-corrected chi connectivity index (χ0v) is 7.82. The molecule has 2 N–H and O–H groups in total. The second-order valence-corrected chi connectivity index (χ2v) is 4.08. The van der Waals surface area contributed by atoms with Crippen LogP contribution >= 0.6 is 0 Å². The summed E-state index contributed by atoms with van der Waals surface area (Å²) >= 11 is 0. The molecule has 0 saturated heterocycles. The van der Waals surface area contributed by atoms with Gasteiger partial charge in [-0.3, -0.25) is 4.79 Å². The van der Waals surface area contributed by atoms with Gasteiger partial charge in [0.05, 0.1) is 13.0 Å². The van der Waals surface area contributed by atoms with E-state index >= 15 is 0 Å². The molecule has 3 rings (SSSR count). The minimum Gasteiger partial charge on any atom is -0.469 e. The topological polar surface area (TPSA) is 52.3 Å². The second-order valence-electron chi connectivity index (χ2n) is 4.08. The molecule has 0 aliphatic heterocycles. The van der Waals surface area contributed by atoms with Gasteiger partial charge in [0, 0.05) is 5.54 Å². The van der Waals surface area contributed by atoms with Crippen molar-refractivity contribution < 1.29 is 9.53 Å². The maximum atomic E-state index is 11.4. The van der Waals surface area contributed by atoms with Gasteiger partial charge >= 0.3 is 5.97 Å². The van der Waals surface area contributed by atoms with Crippen LogP contribution in [0.2, 0.25) is 0 Å². The van der Waals surface area contributed by atoms with Crippen molar-refractivity contribution in [2.24, 2.45) is 17.6 Å². The van der Waals surface area contributed by atoms with Crippen LogP contribution in [0.4, 0.5) is 0 Å². The zero-order chi connectivity index (χ0) is 9.47. The highest BCUT2D eigenvalue weighted by molar-refractivity contribution is 5.75. The van der Waals surface area contributed by atoms with E-state index in [2.05, 4.69) is 6.08 Å². The quantitative estimate of drug-likeness (QED) is 0.482. The van der Waals surface area contributed by atoms with Gasteiger partial charge < -0.3 is 10.5 Å². The number of rotatable bonds is 1. The summed E-state index contributed by atoms with van der Waals surface area (Å²) in [6.07, 6.45) is 7.02. The lowest BCUT2D eigenvalue weighted by molar-refractivity contribution is -0.149. The van der Waals surface area contributed by atoms with Crippen molar-refractivity contribution in [3.05, 3.63) is 12.2 Å². The summed E-state index contributed by atoms with van der Waals surface area (Å²) in [5.41, 5.74) is 5.70. The molecular formula is C10H15NO2. The van der Waals surface area contributed by atoms with E-state index in [0.717, 1.165) is 19.3 Å². The Kier molecular flexibility index (Phi) is 1.91. The van der Waals surface area contributed by atoms with Crippen molar-refractivity contribution >= 4 is 5.97 Å². The molecule has 0 heterocycles. The molecule has 0 aromatic heterocycles. The zero-order valence-electron chi connectivity index (χ0n) is 7.82. The van der Waals surface area contributed by atoms with Gasteiger partial charge in [0.15, 0.2) is 0 Å². The molecule has 3 nitrogen and oxygen atoms in total. The number of nitrogens with two attached hydrogens (primary N) is 1. The third-order valence-electron chi connectivity index (χ3n) is 3.30. The van der Waals surface area contributed by atoms with Crippen LogP contribution < -0.4 is 5.73 Å². The molecule has 0 amide bonds. The Morgan fingerprint density at radius 1 is 1.69 bits per heavy atom. The fourth-order valence-electron chi connectivity index (χ4n) is 2.40. The van der Waals surface area contributed by atoms with Crippen LogP contribution in [0.3, 0.4) is 0 Å². The van der Waals surface area contributed by atoms with Gasteiger partial charge in [-0.1, -0.05) is 12.2 Å². The monoisotopic (exact) mass is 181 g/mol. The van der Waals surface area contributed by atoms with Crippen LogP contribution in [0.15, 0.2) is 12.2 Å². The first-order valence-electron chi connectivity index (χ1n) is 4.72. The summed E-state index contributed by atoms with van der Waals surface area (Å²) in [6.45, 7) is 0. The molecule has 1 saturated carbocycles. The fraction of sp³-hybridized carbons (Fsp3) is 0.700. The summed E-state index contributed by atoms with van der Waals surface area (Å²) in [7, 11) is 1.43. The number of methoxy groups -OCH3 is 1. The van der Waals surface area contributed by atoms with E-state index in [4.69, 9.17) is 10.5 Å². The lowest BCUT2D eigenvalue weighted by Gasteiger charge is -2.44. The lowest BCUT2D eigenvalue weighted by atomic mass is 9.64. The van der Waals surface area contributed by atoms with E-state index in [-0.39, 0.29) is 11.9 Å². The molecule has 0 radical (unpaired) electrons. The Morgan fingerprint density at radius 3 is 2.92 bits per heavy atom. The predicted octanol–water partition coefficient (Wildman–Crippen LogP) is 0.843. The van der Waals surface area contributed by atoms with Gasteiger partial charge in [-0.2, -0.15) is 0 Å².